The van der Waals surface area contributed by atoms with Crippen molar-refractivity contribution in [1.29, 1.82) is 0 Å². The molecular formula is C20H29ClN8O4S. The van der Waals surface area contributed by atoms with Crippen LogP contribution in [0.3, 0.4) is 0 Å². The van der Waals surface area contributed by atoms with Gasteiger partial charge in [0.2, 0.25) is 10.0 Å². The Morgan fingerprint density at radius 2 is 1.82 bits per heavy atom. The number of amides is 1. The van der Waals surface area contributed by atoms with Gasteiger partial charge in [-0.15, -0.1) is 0 Å². The Morgan fingerprint density at radius 1 is 1.12 bits per heavy atom. The number of guanidine groups is 1. The van der Waals surface area contributed by atoms with Gasteiger partial charge in [-0.05, 0) is 50.4 Å². The number of rotatable bonds is 12. The average molecular weight is 513 g/mol. The van der Waals surface area contributed by atoms with Crippen LogP contribution in [0.4, 0.5) is 11.6 Å². The third-order valence-electron chi connectivity index (χ3n) is 4.58. The number of aromatic nitrogens is 2. The summed E-state index contributed by atoms with van der Waals surface area (Å²) in [5, 5.41) is 2.26. The van der Waals surface area contributed by atoms with E-state index in [0.717, 1.165) is 24.8 Å². The van der Waals surface area contributed by atoms with E-state index in [1.54, 1.807) is 0 Å². The quantitative estimate of drug-likeness (QED) is 0.154. The Balaban J connectivity index is 1.69. The zero-order chi connectivity index (χ0) is 25.1. The molecule has 0 unspecified atom stereocenters. The number of nitrogens with one attached hydrogen (secondary N) is 2. The van der Waals surface area contributed by atoms with Crippen LogP contribution in [-0.4, -0.2) is 56.2 Å². The topological polar surface area (TPSA) is 201 Å². The molecule has 34 heavy (non-hydrogen) atoms. The van der Waals surface area contributed by atoms with Crippen molar-refractivity contribution in [2.75, 3.05) is 37.4 Å². The molecule has 0 spiro atoms. The highest BCUT2D eigenvalue weighted by molar-refractivity contribution is 7.89. The fourth-order valence-corrected chi connectivity index (χ4v) is 3.59. The number of anilines is 2. The van der Waals surface area contributed by atoms with E-state index in [4.69, 9.17) is 33.5 Å². The number of hydrogen-bond acceptors (Lipinski definition) is 9. The van der Waals surface area contributed by atoms with Gasteiger partial charge in [0.05, 0.1) is 12.4 Å². The molecule has 12 nitrogen and oxygen atoms in total. The van der Waals surface area contributed by atoms with Gasteiger partial charge in [0.15, 0.2) is 28.4 Å². The van der Waals surface area contributed by atoms with E-state index in [0.29, 0.717) is 25.3 Å². The molecule has 0 fully saturated rings. The molecule has 0 aliphatic rings. The van der Waals surface area contributed by atoms with E-state index in [2.05, 4.69) is 25.0 Å². The molecule has 0 saturated heterocycles. The Bertz CT molecular complexity index is 1110. The van der Waals surface area contributed by atoms with Crippen molar-refractivity contribution < 1.29 is 17.9 Å². The standard InChI is InChI=1S/C20H29ClN8O4S/c1-25-34(31,32)12-4-11-33-14-8-6-13(7-9-14)5-2-3-10-26-20(24)29-19(30)15-17(22)28-18(23)16(21)27-15/h6-9,25H,2-5,10-12H2,1H3,(H4,22,23,28)(H3,24,26,29,30). The minimum absolute atomic E-state index is 0.0240. The number of sulfonamides is 1. The Hall–Kier alpha value is -3.16. The molecule has 1 heterocycles. The molecule has 0 aliphatic carbocycles. The number of benzene rings is 1. The van der Waals surface area contributed by atoms with Gasteiger partial charge in [-0.1, -0.05) is 23.7 Å². The van der Waals surface area contributed by atoms with Gasteiger partial charge in [0.1, 0.15) is 5.75 Å². The van der Waals surface area contributed by atoms with Gasteiger partial charge < -0.3 is 21.9 Å². The largest absolute Gasteiger partial charge is 0.494 e. The first-order valence-corrected chi connectivity index (χ1v) is 12.5. The molecule has 1 amide bonds. The van der Waals surface area contributed by atoms with Crippen molar-refractivity contribution in [2.24, 2.45) is 10.7 Å². The van der Waals surface area contributed by atoms with Crippen LogP contribution in [0, 0.1) is 0 Å². The van der Waals surface area contributed by atoms with Crippen LogP contribution in [0.5, 0.6) is 5.75 Å². The van der Waals surface area contributed by atoms with Crippen molar-refractivity contribution in [1.82, 2.24) is 20.0 Å². The molecule has 186 valence electrons. The Kier molecular flexibility index (Phi) is 10.3. The molecule has 1 aromatic heterocycles. The molecule has 2 aromatic rings. The van der Waals surface area contributed by atoms with Crippen LogP contribution in [0.2, 0.25) is 5.15 Å². The highest BCUT2D eigenvalue weighted by atomic mass is 35.5. The summed E-state index contributed by atoms with van der Waals surface area (Å²) >= 11 is 5.77. The second kappa shape index (κ2) is 12.9. The Labute approximate surface area is 203 Å². The van der Waals surface area contributed by atoms with Gasteiger partial charge in [-0.3, -0.25) is 15.1 Å². The van der Waals surface area contributed by atoms with E-state index in [1.165, 1.54) is 7.05 Å². The molecule has 2 rings (SSSR count). The van der Waals surface area contributed by atoms with Crippen LogP contribution in [0.1, 0.15) is 35.3 Å². The van der Waals surface area contributed by atoms with E-state index in [9.17, 15) is 13.2 Å². The fraction of sp³-hybridized carbons (Fsp3) is 0.400. The smallest absolute Gasteiger partial charge is 0.280 e. The number of nitrogen functional groups attached to an aromatic ring is 2. The van der Waals surface area contributed by atoms with Crippen molar-refractivity contribution >= 4 is 45.1 Å². The predicted octanol–water partition coefficient (Wildman–Crippen LogP) is 0.680. The molecule has 1 aromatic carbocycles. The Morgan fingerprint density at radius 3 is 2.50 bits per heavy atom. The normalized spacial score (nSPS) is 11.9. The highest BCUT2D eigenvalue weighted by Gasteiger charge is 2.16. The number of hydrogen-bond donors (Lipinski definition) is 5. The lowest BCUT2D eigenvalue weighted by Gasteiger charge is -2.08. The van der Waals surface area contributed by atoms with Gasteiger partial charge >= 0.3 is 0 Å². The van der Waals surface area contributed by atoms with Crippen LogP contribution >= 0.6 is 11.6 Å². The molecule has 0 radical (unpaired) electrons. The first kappa shape index (κ1) is 27.1. The van der Waals surface area contributed by atoms with E-state index >= 15 is 0 Å². The van der Waals surface area contributed by atoms with Crippen molar-refractivity contribution in [3.05, 3.63) is 40.7 Å². The number of aliphatic imine (C=N–C) groups is 1. The SMILES string of the molecule is CNS(=O)(=O)CCCOc1ccc(CCCCN=C(N)NC(=O)c2nc(Cl)c(N)nc2N)cc1. The monoisotopic (exact) mass is 512 g/mol. The maximum Gasteiger partial charge on any atom is 0.280 e. The maximum atomic E-state index is 12.2. The second-order valence-corrected chi connectivity index (χ2v) is 9.58. The molecule has 14 heteroatoms. The van der Waals surface area contributed by atoms with Crippen molar-refractivity contribution in [3.8, 4) is 5.75 Å². The average Bonchev–Trinajstić information content (AvgIpc) is 2.79. The zero-order valence-electron chi connectivity index (χ0n) is 18.8. The summed E-state index contributed by atoms with van der Waals surface area (Å²) < 4.78 is 30.6. The van der Waals surface area contributed by atoms with Crippen molar-refractivity contribution in [3.63, 3.8) is 0 Å². The molecule has 0 saturated carbocycles. The molecule has 0 aliphatic heterocycles. The van der Waals surface area contributed by atoms with Crippen LogP contribution < -0.4 is 32.0 Å². The third-order valence-corrected chi connectivity index (χ3v) is 6.30. The van der Waals surface area contributed by atoms with Crippen LogP contribution in [0.25, 0.3) is 0 Å². The number of ether oxygens (including phenoxy) is 1. The van der Waals surface area contributed by atoms with Crippen molar-refractivity contribution in [2.45, 2.75) is 25.7 Å². The lowest BCUT2D eigenvalue weighted by Crippen LogP contribution is -2.38. The van der Waals surface area contributed by atoms with E-state index in [1.807, 2.05) is 24.3 Å². The zero-order valence-corrected chi connectivity index (χ0v) is 20.3. The van der Waals surface area contributed by atoms with Crippen LogP contribution in [-0.2, 0) is 16.4 Å². The number of unbranched alkanes of at least 4 members (excludes halogenated alkanes) is 1. The van der Waals surface area contributed by atoms with Gasteiger partial charge in [0, 0.05) is 6.54 Å². The minimum atomic E-state index is -3.21. The second-order valence-electron chi connectivity index (χ2n) is 7.18. The lowest BCUT2D eigenvalue weighted by molar-refractivity contribution is 0.0972. The number of carbonyl (C=O) groups excluding carboxylic acids is 1. The number of halogens is 1. The third kappa shape index (κ3) is 9.00. The molecule has 8 N–H and O–H groups in total. The number of nitrogens with zero attached hydrogens (tertiary/aromatic N) is 3. The summed E-state index contributed by atoms with van der Waals surface area (Å²) in [6.45, 7) is 0.743. The number of aryl methyl sites for hydroxylation is 1. The predicted molar refractivity (Wildman–Crippen MR) is 132 cm³/mol. The summed E-state index contributed by atoms with van der Waals surface area (Å²) in [5.74, 6) is -0.271. The summed E-state index contributed by atoms with van der Waals surface area (Å²) in [7, 11) is -1.82. The van der Waals surface area contributed by atoms with Gasteiger partial charge in [-0.2, -0.15) is 0 Å². The highest BCUT2D eigenvalue weighted by Crippen LogP contribution is 2.17. The first-order chi connectivity index (χ1) is 16.1. The first-order valence-electron chi connectivity index (χ1n) is 10.4. The van der Waals surface area contributed by atoms with Gasteiger partial charge in [-0.25, -0.2) is 23.1 Å². The number of carbonyl (C=O) groups is 1. The fourth-order valence-electron chi connectivity index (χ4n) is 2.76. The summed E-state index contributed by atoms with van der Waals surface area (Å²) in [6.07, 6.45) is 2.85. The summed E-state index contributed by atoms with van der Waals surface area (Å²) in [4.78, 5) is 23.8. The van der Waals surface area contributed by atoms with Gasteiger partial charge in [0.25, 0.3) is 5.91 Å². The molecule has 0 atom stereocenters. The maximum absolute atomic E-state index is 12.2. The molecule has 0 bridgehead atoms. The summed E-state index contributed by atoms with van der Waals surface area (Å²) in [6, 6.07) is 7.62. The van der Waals surface area contributed by atoms with E-state index in [-0.39, 0.29) is 34.2 Å². The summed E-state index contributed by atoms with van der Waals surface area (Å²) in [5.41, 5.74) is 17.8. The lowest BCUT2D eigenvalue weighted by atomic mass is 10.1. The van der Waals surface area contributed by atoms with E-state index < -0.39 is 15.9 Å². The van der Waals surface area contributed by atoms with Crippen LogP contribution in [0.15, 0.2) is 29.3 Å². The molecular weight excluding hydrogens is 484 g/mol. The minimum Gasteiger partial charge on any atom is -0.494 e. The number of nitrogens with two attached hydrogens (primary N) is 3.